The van der Waals surface area contributed by atoms with Crippen molar-refractivity contribution in [2.75, 3.05) is 14.1 Å². The van der Waals surface area contributed by atoms with Crippen LogP contribution in [-0.2, 0) is 0 Å². The van der Waals surface area contributed by atoms with Crippen LogP contribution < -0.4 is 5.32 Å². The van der Waals surface area contributed by atoms with Gasteiger partial charge >= 0.3 is 6.03 Å². The highest BCUT2D eigenvalue weighted by Gasteiger charge is 2.68. The van der Waals surface area contributed by atoms with E-state index in [-0.39, 0.29) is 6.03 Å². The maximum absolute atomic E-state index is 12.3. The predicted octanol–water partition coefficient (Wildman–Crippen LogP) is 0.953. The lowest BCUT2D eigenvalue weighted by Crippen LogP contribution is -2.63. The van der Waals surface area contributed by atoms with Crippen LogP contribution in [0.2, 0.25) is 0 Å². The van der Waals surface area contributed by atoms with Crippen LogP contribution in [0, 0.1) is 0 Å². The summed E-state index contributed by atoms with van der Waals surface area (Å²) in [5.41, 5.74) is -1.17. The molecule has 0 aromatic rings. The number of thiocarbonyl (C=S) groups is 2. The molecule has 5 nitrogen and oxygen atoms in total. The number of hydrogen-bond donors (Lipinski definition) is 1. The van der Waals surface area contributed by atoms with Crippen molar-refractivity contribution in [3.63, 3.8) is 0 Å². The molecule has 94 valence electrons. The van der Waals surface area contributed by atoms with Gasteiger partial charge in [0, 0.05) is 14.1 Å². The lowest BCUT2D eigenvalue weighted by molar-refractivity contribution is 0.0403. The van der Waals surface area contributed by atoms with Gasteiger partial charge in [-0.25, -0.2) is 4.79 Å². The van der Waals surface area contributed by atoms with E-state index in [9.17, 15) is 4.79 Å². The van der Waals surface area contributed by atoms with Gasteiger partial charge in [0.2, 0.25) is 0 Å². The van der Waals surface area contributed by atoms with E-state index < -0.39 is 11.3 Å². The van der Waals surface area contributed by atoms with E-state index >= 15 is 0 Å². The summed E-state index contributed by atoms with van der Waals surface area (Å²) in [4.78, 5) is 18.0. The van der Waals surface area contributed by atoms with E-state index in [4.69, 9.17) is 24.4 Å². The Balaban J connectivity index is 2.63. The third-order valence-corrected chi connectivity index (χ3v) is 4.68. The van der Waals surface area contributed by atoms with Gasteiger partial charge < -0.3 is 15.1 Å². The third-order valence-electron chi connectivity index (χ3n) is 4.12. The molecule has 0 aromatic carbocycles. The van der Waals surface area contributed by atoms with Gasteiger partial charge in [-0.1, -0.05) is 12.2 Å². The minimum absolute atomic E-state index is 0.107. The summed E-state index contributed by atoms with van der Waals surface area (Å²) in [5.74, 6) is 0. The molecule has 2 aliphatic rings. The number of nitrogens with one attached hydrogen (secondary N) is 1. The SMILES string of the molecule is CC(=S)N1C(=O)N(C)[C@]2(C)N(C)C(=S)N[C@]12C. The molecule has 2 aliphatic heterocycles. The molecule has 0 radical (unpaired) electrons. The first-order chi connectivity index (χ1) is 7.68. The van der Waals surface area contributed by atoms with E-state index in [1.54, 1.807) is 23.8 Å². The summed E-state index contributed by atoms with van der Waals surface area (Å²) in [5, 5.41) is 3.83. The Morgan fingerprint density at radius 2 is 1.82 bits per heavy atom. The van der Waals surface area contributed by atoms with Crippen molar-refractivity contribution in [1.82, 2.24) is 20.0 Å². The molecule has 0 saturated carbocycles. The highest BCUT2D eigenvalue weighted by molar-refractivity contribution is 7.80. The van der Waals surface area contributed by atoms with Gasteiger partial charge in [-0.3, -0.25) is 4.90 Å². The van der Waals surface area contributed by atoms with Crippen LogP contribution in [0.15, 0.2) is 0 Å². The second-order valence-corrected chi connectivity index (χ2v) is 5.76. The number of carbonyl (C=O) groups excluding carboxylic acids is 1. The molecule has 2 amide bonds. The Labute approximate surface area is 112 Å². The van der Waals surface area contributed by atoms with Gasteiger partial charge in [-0.05, 0) is 33.0 Å². The van der Waals surface area contributed by atoms with Gasteiger partial charge in [-0.15, -0.1) is 0 Å². The Hall–Kier alpha value is -0.950. The van der Waals surface area contributed by atoms with E-state index in [1.165, 1.54) is 0 Å². The van der Waals surface area contributed by atoms with Crippen molar-refractivity contribution in [2.24, 2.45) is 0 Å². The second-order valence-electron chi connectivity index (χ2n) is 4.78. The highest BCUT2D eigenvalue weighted by Crippen LogP contribution is 2.44. The minimum atomic E-state index is -0.628. The first-order valence-electron chi connectivity index (χ1n) is 5.32. The fraction of sp³-hybridized carbons (Fsp3) is 0.700. The molecule has 0 unspecified atom stereocenters. The van der Waals surface area contributed by atoms with Crippen LogP contribution in [0.1, 0.15) is 20.8 Å². The predicted molar refractivity (Wildman–Crippen MR) is 73.6 cm³/mol. The molecule has 17 heavy (non-hydrogen) atoms. The van der Waals surface area contributed by atoms with Crippen molar-refractivity contribution >= 4 is 40.6 Å². The lowest BCUT2D eigenvalue weighted by Gasteiger charge is -2.41. The molecule has 2 atom stereocenters. The standard InChI is InChI=1S/C10H16N4OS2/c1-6(16)14-8(15)13(5)10(3)9(14,2)11-7(17)12(10)4/h1-5H3,(H,11,17)/t9-,10+/m1/s1. The number of likely N-dealkylation sites (N-methyl/N-ethyl adjacent to an activating group) is 2. The van der Waals surface area contributed by atoms with Gasteiger partial charge in [0.1, 0.15) is 0 Å². The van der Waals surface area contributed by atoms with Crippen molar-refractivity contribution in [1.29, 1.82) is 0 Å². The Bertz CT molecular complexity index is 440. The average molecular weight is 272 g/mol. The fourth-order valence-corrected chi connectivity index (χ4v) is 3.37. The zero-order chi connectivity index (χ0) is 13.2. The molecule has 2 saturated heterocycles. The molecule has 0 spiro atoms. The number of hydrogen-bond acceptors (Lipinski definition) is 3. The first kappa shape index (κ1) is 12.5. The number of carbonyl (C=O) groups is 1. The largest absolute Gasteiger partial charge is 0.336 e. The molecule has 1 N–H and O–H groups in total. The first-order valence-corrected chi connectivity index (χ1v) is 6.14. The van der Waals surface area contributed by atoms with Crippen LogP contribution in [0.5, 0.6) is 0 Å². The molecule has 2 rings (SSSR count). The van der Waals surface area contributed by atoms with E-state index in [0.29, 0.717) is 10.1 Å². The summed E-state index contributed by atoms with van der Waals surface area (Å²) in [6.45, 7) is 5.68. The summed E-state index contributed by atoms with van der Waals surface area (Å²) in [6.07, 6.45) is 0. The Morgan fingerprint density at radius 3 is 2.29 bits per heavy atom. The molecule has 2 heterocycles. The highest BCUT2D eigenvalue weighted by atomic mass is 32.1. The Morgan fingerprint density at radius 1 is 1.29 bits per heavy atom. The maximum Gasteiger partial charge on any atom is 0.328 e. The van der Waals surface area contributed by atoms with Gasteiger partial charge in [0.05, 0.1) is 4.99 Å². The van der Waals surface area contributed by atoms with E-state index in [1.807, 2.05) is 25.8 Å². The summed E-state index contributed by atoms with van der Waals surface area (Å²) in [6, 6.07) is -0.107. The monoisotopic (exact) mass is 272 g/mol. The maximum atomic E-state index is 12.3. The van der Waals surface area contributed by atoms with Crippen LogP contribution >= 0.6 is 24.4 Å². The summed E-state index contributed by atoms with van der Waals surface area (Å²) in [7, 11) is 3.65. The van der Waals surface area contributed by atoms with Crippen LogP contribution in [-0.4, -0.2) is 56.3 Å². The zero-order valence-corrected chi connectivity index (χ0v) is 12.2. The van der Waals surface area contributed by atoms with Crippen LogP contribution in [0.25, 0.3) is 0 Å². The van der Waals surface area contributed by atoms with Crippen molar-refractivity contribution in [3.8, 4) is 0 Å². The topological polar surface area (TPSA) is 38.8 Å². The zero-order valence-electron chi connectivity index (χ0n) is 10.6. The normalized spacial score (nSPS) is 36.4. The van der Waals surface area contributed by atoms with Crippen LogP contribution in [0.3, 0.4) is 0 Å². The number of amides is 2. The van der Waals surface area contributed by atoms with Gasteiger partial charge in [-0.2, -0.15) is 0 Å². The number of rotatable bonds is 0. The number of urea groups is 1. The van der Waals surface area contributed by atoms with Crippen molar-refractivity contribution in [3.05, 3.63) is 0 Å². The fourth-order valence-electron chi connectivity index (χ4n) is 2.73. The minimum Gasteiger partial charge on any atom is -0.336 e. The average Bonchev–Trinajstić information content (AvgIpc) is 2.47. The van der Waals surface area contributed by atoms with Crippen molar-refractivity contribution < 1.29 is 4.79 Å². The second kappa shape index (κ2) is 3.29. The third kappa shape index (κ3) is 1.16. The number of nitrogens with zero attached hydrogens (tertiary/aromatic N) is 3. The molecule has 0 bridgehead atoms. The summed E-state index contributed by atoms with van der Waals surface area (Å²) >= 11 is 10.5. The van der Waals surface area contributed by atoms with Crippen LogP contribution in [0.4, 0.5) is 4.79 Å². The molecule has 7 heteroatoms. The molecular formula is C10H16N4OS2. The van der Waals surface area contributed by atoms with Gasteiger partial charge in [0.15, 0.2) is 16.4 Å². The Kier molecular flexibility index (Phi) is 2.42. The summed E-state index contributed by atoms with van der Waals surface area (Å²) < 4.78 is 0. The van der Waals surface area contributed by atoms with E-state index in [2.05, 4.69) is 5.32 Å². The molecule has 0 aliphatic carbocycles. The quantitative estimate of drug-likeness (QED) is 0.665. The van der Waals surface area contributed by atoms with Crippen molar-refractivity contribution in [2.45, 2.75) is 32.1 Å². The molecule has 0 aromatic heterocycles. The van der Waals surface area contributed by atoms with E-state index in [0.717, 1.165) is 0 Å². The number of fused-ring (bicyclic) bond motifs is 1. The van der Waals surface area contributed by atoms with Gasteiger partial charge in [0.25, 0.3) is 0 Å². The molecule has 2 fully saturated rings. The lowest BCUT2D eigenvalue weighted by atomic mass is 9.97. The smallest absolute Gasteiger partial charge is 0.328 e. The molecular weight excluding hydrogens is 256 g/mol.